The molecule has 0 saturated heterocycles. The van der Waals surface area contributed by atoms with E-state index in [0.717, 1.165) is 12.8 Å². The summed E-state index contributed by atoms with van der Waals surface area (Å²) in [5.41, 5.74) is -3.11. The van der Waals surface area contributed by atoms with Crippen molar-refractivity contribution in [2.75, 3.05) is 0 Å². The van der Waals surface area contributed by atoms with E-state index >= 15 is 0 Å². The van der Waals surface area contributed by atoms with Crippen LogP contribution in [0.5, 0.6) is 0 Å². The average molecular weight is 499 g/mol. The van der Waals surface area contributed by atoms with Gasteiger partial charge in [0, 0.05) is 19.5 Å². The van der Waals surface area contributed by atoms with Gasteiger partial charge in [-0.15, -0.1) is 0 Å². The topological polar surface area (TPSA) is 40.5 Å². The summed E-state index contributed by atoms with van der Waals surface area (Å²) in [4.78, 5) is 15.7. The van der Waals surface area contributed by atoms with E-state index in [1.165, 1.54) is 64.2 Å². The minimum atomic E-state index is -3.11. The molecule has 0 radical (unpaired) electrons. The molecule has 6 heteroatoms. The van der Waals surface area contributed by atoms with Crippen LogP contribution in [-0.2, 0) is 31.3 Å². The van der Waals surface area contributed by atoms with E-state index in [1.54, 1.807) is 0 Å². The fourth-order valence-electron chi connectivity index (χ4n) is 1.90. The van der Waals surface area contributed by atoms with E-state index in [4.69, 9.17) is 9.79 Å². The average Bonchev–Trinajstić information content (AvgIpc) is 2.64. The Hall–Kier alpha value is 0.763. The Kier molecular flexibility index (Phi) is 41.9. The molecule has 1 rings (SSSR count). The van der Waals surface area contributed by atoms with Gasteiger partial charge in [0.15, 0.2) is 0 Å². The molecule has 0 saturated carbocycles. The quantitative estimate of drug-likeness (QED) is 0.101. The number of unbranched alkanes of at least 4 members (excludes halogenated alkanes) is 10. The van der Waals surface area contributed by atoms with E-state index in [-0.39, 0.29) is 19.5 Å². The maximum absolute atomic E-state index is 7.87. The minimum absolute atomic E-state index is 0. The first-order valence-electron chi connectivity index (χ1n) is 10.1. The first kappa shape index (κ1) is 36.2. The monoisotopic (exact) mass is 497 g/mol. The normalized spacial score (nSPS) is 9.39. The fourth-order valence-corrected chi connectivity index (χ4v) is 1.90. The van der Waals surface area contributed by atoms with Crippen LogP contribution in [0.2, 0.25) is 0 Å². The maximum atomic E-state index is 7.87. The Morgan fingerprint density at radius 3 is 1.29 bits per heavy atom. The van der Waals surface area contributed by atoms with Crippen molar-refractivity contribution in [2.24, 2.45) is 0 Å². The van der Waals surface area contributed by atoms with Gasteiger partial charge in [0.05, 0.1) is 0 Å². The molecular formula is C22H42O2PS2Zn-3. The number of benzene rings is 1. The fraction of sp³-hybridized carbons (Fsp3) is 0.636. The molecule has 0 unspecified atom stereocenters. The van der Waals surface area contributed by atoms with Gasteiger partial charge in [0.2, 0.25) is 5.69 Å². The van der Waals surface area contributed by atoms with Crippen LogP contribution in [0, 0.1) is 19.9 Å². The first-order chi connectivity index (χ1) is 12.8. The minimum Gasteiger partial charge on any atom is -0.343 e. The second-order valence-corrected chi connectivity index (χ2v) is 11.2. The van der Waals surface area contributed by atoms with Crippen molar-refractivity contribution in [1.29, 1.82) is 0 Å². The van der Waals surface area contributed by atoms with Crippen LogP contribution in [0.3, 0.4) is 0 Å². The molecular weight excluding hydrogens is 457 g/mol. The van der Waals surface area contributed by atoms with Crippen molar-refractivity contribution in [1.82, 2.24) is 0 Å². The third-order valence-corrected chi connectivity index (χ3v) is 3.31. The Morgan fingerprint density at radius 2 is 1.11 bits per heavy atom. The third-order valence-electron chi connectivity index (χ3n) is 3.31. The largest absolute Gasteiger partial charge is 0.343 e. The molecule has 0 aliphatic heterocycles. The van der Waals surface area contributed by atoms with Gasteiger partial charge in [-0.3, -0.25) is 0 Å². The van der Waals surface area contributed by atoms with Crippen molar-refractivity contribution < 1.29 is 29.3 Å². The molecule has 2 nitrogen and oxygen atoms in total. The van der Waals surface area contributed by atoms with E-state index in [0.29, 0.717) is 0 Å². The zero-order chi connectivity index (χ0) is 21.2. The van der Waals surface area contributed by atoms with Crippen LogP contribution >= 0.6 is 17.9 Å². The number of hydrogen-bond acceptors (Lipinski definition) is 1. The Labute approximate surface area is 199 Å². The van der Waals surface area contributed by atoms with Gasteiger partial charge in [-0.1, -0.05) is 90.3 Å². The summed E-state index contributed by atoms with van der Waals surface area (Å²) in [6, 6.07) is 12.5. The van der Waals surface area contributed by atoms with E-state index in [9.17, 15) is 0 Å². The predicted molar refractivity (Wildman–Crippen MR) is 130 cm³/mol. The SMILES string of the molecule is OP(O)(=S)S.[CH2-]CCCCCCC.[CH2-]CCCCCCC.[Zn].[c-]1ccccc1. The van der Waals surface area contributed by atoms with Crippen LogP contribution in [-0.4, -0.2) is 9.79 Å². The molecule has 2 N–H and O–H groups in total. The molecule has 1 aromatic carbocycles. The third kappa shape index (κ3) is 63.2. The van der Waals surface area contributed by atoms with Crippen LogP contribution < -0.4 is 0 Å². The standard InChI is InChI=1S/2C8H17.C6H5.H3O2PS2.Zn/c2*1-3-5-7-8-6-4-2;1-2-4-6-5-3-1;1-3(2,4)5;/h2*1,3-8H2,2H3;1-5H;(H3,1,2,4,5);/q3*-1;;. The molecule has 1 aromatic rings. The van der Waals surface area contributed by atoms with Gasteiger partial charge >= 0.3 is 0 Å². The van der Waals surface area contributed by atoms with Crippen LogP contribution in [0.4, 0.5) is 0 Å². The molecule has 0 atom stereocenters. The van der Waals surface area contributed by atoms with E-state index in [2.05, 4.69) is 57.8 Å². The second kappa shape index (κ2) is 32.4. The number of hydrogen-bond donors (Lipinski definition) is 3. The summed E-state index contributed by atoms with van der Waals surface area (Å²) in [5, 5.41) is 0. The Balaban J connectivity index is -0.000000138. The Morgan fingerprint density at radius 1 is 0.786 bits per heavy atom. The van der Waals surface area contributed by atoms with Gasteiger partial charge in [-0.2, -0.15) is 49.2 Å². The maximum Gasteiger partial charge on any atom is 0.239 e. The van der Waals surface area contributed by atoms with E-state index in [1.807, 2.05) is 30.3 Å². The molecule has 0 amide bonds. The van der Waals surface area contributed by atoms with Crippen molar-refractivity contribution in [2.45, 2.75) is 90.9 Å². The summed E-state index contributed by atoms with van der Waals surface area (Å²) < 4.78 is 0. The molecule has 0 heterocycles. The molecule has 0 aromatic heterocycles. The van der Waals surface area contributed by atoms with Crippen molar-refractivity contribution >= 4 is 29.7 Å². The molecule has 0 bridgehead atoms. The van der Waals surface area contributed by atoms with Crippen molar-refractivity contribution in [3.63, 3.8) is 0 Å². The van der Waals surface area contributed by atoms with Gasteiger partial charge in [0.1, 0.15) is 0 Å². The van der Waals surface area contributed by atoms with Crippen LogP contribution in [0.15, 0.2) is 30.3 Å². The summed E-state index contributed by atoms with van der Waals surface area (Å²) in [6.45, 7) is 12.0. The van der Waals surface area contributed by atoms with Gasteiger partial charge in [0.25, 0.3) is 0 Å². The summed E-state index contributed by atoms with van der Waals surface area (Å²) in [7, 11) is 0. The number of thiol groups is 1. The molecule has 0 aliphatic carbocycles. The predicted octanol–water partition coefficient (Wildman–Crippen LogP) is 7.97. The number of rotatable bonds is 10. The van der Waals surface area contributed by atoms with Gasteiger partial charge < -0.3 is 23.6 Å². The molecule has 164 valence electrons. The summed E-state index contributed by atoms with van der Waals surface area (Å²) >= 11 is 7.07. The first-order valence-corrected chi connectivity index (χ1v) is 14.0. The Bertz CT molecular complexity index is 330. The molecule has 0 spiro atoms. The van der Waals surface area contributed by atoms with E-state index < -0.39 is 5.69 Å². The van der Waals surface area contributed by atoms with Crippen molar-refractivity contribution in [3.05, 3.63) is 50.2 Å². The van der Waals surface area contributed by atoms with Crippen molar-refractivity contribution in [3.8, 4) is 0 Å². The van der Waals surface area contributed by atoms with Crippen LogP contribution in [0.1, 0.15) is 90.9 Å². The molecule has 28 heavy (non-hydrogen) atoms. The smallest absolute Gasteiger partial charge is 0.239 e. The second-order valence-electron chi connectivity index (χ2n) is 6.13. The zero-order valence-corrected chi connectivity index (χ0v) is 23.8. The van der Waals surface area contributed by atoms with Gasteiger partial charge in [-0.05, 0) is 11.8 Å². The van der Waals surface area contributed by atoms with Crippen LogP contribution in [0.25, 0.3) is 0 Å². The summed E-state index contributed by atoms with van der Waals surface area (Å²) in [6.07, 6.45) is 16.0. The zero-order valence-electron chi connectivity index (χ0n) is 18.2. The van der Waals surface area contributed by atoms with Gasteiger partial charge in [-0.25, -0.2) is 0 Å². The molecule has 0 fully saturated rings. The molecule has 0 aliphatic rings. The summed E-state index contributed by atoms with van der Waals surface area (Å²) in [5.74, 6) is 0.